The van der Waals surface area contributed by atoms with Crippen molar-refractivity contribution in [3.63, 3.8) is 0 Å². The molecule has 20 heavy (non-hydrogen) atoms. The number of anilines is 1. The van der Waals surface area contributed by atoms with E-state index >= 15 is 0 Å². The van der Waals surface area contributed by atoms with Crippen molar-refractivity contribution in [2.24, 2.45) is 0 Å². The van der Waals surface area contributed by atoms with Crippen LogP contribution in [0.4, 0.5) is 5.82 Å². The largest absolute Gasteiger partial charge is 0.313 e. The summed E-state index contributed by atoms with van der Waals surface area (Å²) >= 11 is 3.50. The first-order valence-electron chi connectivity index (χ1n) is 6.00. The molecule has 0 bridgehead atoms. The van der Waals surface area contributed by atoms with Gasteiger partial charge >= 0.3 is 0 Å². The van der Waals surface area contributed by atoms with Gasteiger partial charge in [-0.15, -0.1) is 0 Å². The minimum atomic E-state index is 0.509. The van der Waals surface area contributed by atoms with E-state index < -0.39 is 0 Å². The number of pyridine rings is 1. The van der Waals surface area contributed by atoms with Crippen molar-refractivity contribution >= 4 is 39.1 Å². The van der Waals surface area contributed by atoms with Gasteiger partial charge < -0.3 is 5.32 Å². The van der Waals surface area contributed by atoms with Crippen LogP contribution in [0.3, 0.4) is 0 Å². The van der Waals surface area contributed by atoms with E-state index in [1.54, 1.807) is 6.20 Å². The fourth-order valence-electron chi connectivity index (χ4n) is 2.19. The lowest BCUT2D eigenvalue weighted by Crippen LogP contribution is -1.98. The summed E-state index contributed by atoms with van der Waals surface area (Å²) in [5.74, 6) is 0.509. The minimum absolute atomic E-state index is 0.509. The molecule has 0 aliphatic carbocycles. The second-order valence-electron chi connectivity index (χ2n) is 4.36. The van der Waals surface area contributed by atoms with E-state index in [1.165, 1.54) is 0 Å². The lowest BCUT2D eigenvalue weighted by atomic mass is 10.0. The number of nitrogens with one attached hydrogen (secondary N) is 2. The molecule has 3 aromatic rings. The molecule has 0 spiro atoms. The molecule has 2 heterocycles. The number of carbonyl (C=O) groups is 1. The molecule has 0 fully saturated rings. The molecular formula is C14H11BrN4O. The van der Waals surface area contributed by atoms with E-state index in [2.05, 4.69) is 36.4 Å². The highest BCUT2D eigenvalue weighted by atomic mass is 79.9. The van der Waals surface area contributed by atoms with Crippen LogP contribution in [-0.4, -0.2) is 21.6 Å². The van der Waals surface area contributed by atoms with Crippen LogP contribution in [0.2, 0.25) is 0 Å². The lowest BCUT2D eigenvalue weighted by Gasteiger charge is -2.09. The monoisotopic (exact) mass is 330 g/mol. The Kier molecular flexibility index (Phi) is 3.23. The number of aryl methyl sites for hydroxylation is 1. The number of rotatable bonds is 3. The van der Waals surface area contributed by atoms with E-state index in [4.69, 9.17) is 0 Å². The molecule has 0 aliphatic heterocycles. The van der Waals surface area contributed by atoms with Crippen molar-refractivity contribution < 1.29 is 4.79 Å². The van der Waals surface area contributed by atoms with Crippen LogP contribution < -0.4 is 5.32 Å². The SMILES string of the molecule is Cc1[nH]ncc1-c1cc(NC=O)nc2c(Br)cccc12. The molecular weight excluding hydrogens is 320 g/mol. The van der Waals surface area contributed by atoms with Crippen molar-refractivity contribution in [3.05, 3.63) is 40.6 Å². The van der Waals surface area contributed by atoms with Gasteiger partial charge in [-0.3, -0.25) is 9.89 Å². The van der Waals surface area contributed by atoms with Crippen molar-refractivity contribution in [3.8, 4) is 11.1 Å². The molecule has 2 N–H and O–H groups in total. The first kappa shape index (κ1) is 12.8. The van der Waals surface area contributed by atoms with Gasteiger partial charge in [0, 0.05) is 21.1 Å². The predicted molar refractivity (Wildman–Crippen MR) is 81.4 cm³/mol. The molecule has 0 saturated carbocycles. The van der Waals surface area contributed by atoms with Crippen LogP contribution in [0.25, 0.3) is 22.0 Å². The summed E-state index contributed by atoms with van der Waals surface area (Å²) < 4.78 is 0.881. The highest BCUT2D eigenvalue weighted by Gasteiger charge is 2.12. The third-order valence-corrected chi connectivity index (χ3v) is 3.76. The molecule has 1 aromatic carbocycles. The number of hydrogen-bond donors (Lipinski definition) is 2. The van der Waals surface area contributed by atoms with Crippen molar-refractivity contribution in [1.29, 1.82) is 0 Å². The Bertz CT molecular complexity index is 797. The maximum atomic E-state index is 10.7. The second kappa shape index (κ2) is 5.05. The predicted octanol–water partition coefficient (Wildman–Crippen LogP) is 3.26. The Morgan fingerprint density at radius 3 is 2.90 bits per heavy atom. The zero-order valence-electron chi connectivity index (χ0n) is 10.6. The first-order chi connectivity index (χ1) is 9.70. The molecule has 2 aromatic heterocycles. The summed E-state index contributed by atoms with van der Waals surface area (Å²) in [5, 5.41) is 10.6. The molecule has 0 radical (unpaired) electrons. The van der Waals surface area contributed by atoms with E-state index in [0.29, 0.717) is 12.2 Å². The maximum absolute atomic E-state index is 10.7. The summed E-state index contributed by atoms with van der Waals surface area (Å²) in [4.78, 5) is 15.1. The number of H-pyrrole nitrogens is 1. The summed E-state index contributed by atoms with van der Waals surface area (Å²) in [6, 6.07) is 7.73. The third-order valence-electron chi connectivity index (χ3n) is 3.12. The zero-order chi connectivity index (χ0) is 14.1. The standard InChI is InChI=1S/C14H11BrN4O/c1-8-11(6-17-19-8)10-5-13(16-7-20)18-14-9(10)3-2-4-12(14)15/h2-7H,1H3,(H,17,19)(H,16,18,20). The van der Waals surface area contributed by atoms with Crippen molar-refractivity contribution in [2.75, 3.05) is 5.32 Å². The number of para-hydroxylation sites is 1. The number of aromatic nitrogens is 3. The average Bonchev–Trinajstić information content (AvgIpc) is 2.85. The van der Waals surface area contributed by atoms with Gasteiger partial charge in [0.1, 0.15) is 5.82 Å². The molecule has 5 nitrogen and oxygen atoms in total. The Labute approximate surface area is 123 Å². The summed E-state index contributed by atoms with van der Waals surface area (Å²) in [7, 11) is 0. The van der Waals surface area contributed by atoms with Gasteiger partial charge in [-0.2, -0.15) is 5.10 Å². The second-order valence-corrected chi connectivity index (χ2v) is 5.22. The van der Waals surface area contributed by atoms with Gasteiger partial charge in [-0.05, 0) is 40.5 Å². The van der Waals surface area contributed by atoms with Crippen molar-refractivity contribution in [1.82, 2.24) is 15.2 Å². The summed E-state index contributed by atoms with van der Waals surface area (Å²) in [5.41, 5.74) is 3.74. The van der Waals surface area contributed by atoms with Gasteiger partial charge in [-0.25, -0.2) is 4.98 Å². The quantitative estimate of drug-likeness (QED) is 0.724. The Hall–Kier alpha value is -2.21. The van der Waals surface area contributed by atoms with Crippen LogP contribution in [0.1, 0.15) is 5.69 Å². The number of amides is 1. The van der Waals surface area contributed by atoms with E-state index in [1.807, 2.05) is 31.2 Å². The van der Waals surface area contributed by atoms with Crippen LogP contribution in [-0.2, 0) is 4.79 Å². The zero-order valence-corrected chi connectivity index (χ0v) is 12.2. The van der Waals surface area contributed by atoms with E-state index in [9.17, 15) is 4.79 Å². The Morgan fingerprint density at radius 1 is 1.35 bits per heavy atom. The average molecular weight is 331 g/mol. The molecule has 1 amide bonds. The number of hydrogen-bond acceptors (Lipinski definition) is 3. The fraction of sp³-hybridized carbons (Fsp3) is 0.0714. The van der Waals surface area contributed by atoms with Gasteiger partial charge in [0.2, 0.25) is 6.41 Å². The van der Waals surface area contributed by atoms with Crippen LogP contribution in [0.15, 0.2) is 34.9 Å². The van der Waals surface area contributed by atoms with E-state index in [-0.39, 0.29) is 0 Å². The molecule has 0 saturated heterocycles. The molecule has 100 valence electrons. The minimum Gasteiger partial charge on any atom is -0.313 e. The smallest absolute Gasteiger partial charge is 0.212 e. The van der Waals surface area contributed by atoms with Gasteiger partial charge in [0.25, 0.3) is 0 Å². The highest BCUT2D eigenvalue weighted by molar-refractivity contribution is 9.10. The highest BCUT2D eigenvalue weighted by Crippen LogP contribution is 2.34. The van der Waals surface area contributed by atoms with Crippen LogP contribution in [0, 0.1) is 6.92 Å². The Morgan fingerprint density at radius 2 is 2.20 bits per heavy atom. The topological polar surface area (TPSA) is 70.7 Å². The normalized spacial score (nSPS) is 10.7. The van der Waals surface area contributed by atoms with Crippen LogP contribution in [0.5, 0.6) is 0 Å². The van der Waals surface area contributed by atoms with Crippen molar-refractivity contribution in [2.45, 2.75) is 6.92 Å². The molecule has 3 rings (SSSR count). The number of halogens is 1. The number of nitrogens with zero attached hydrogens (tertiary/aromatic N) is 2. The number of aromatic amines is 1. The maximum Gasteiger partial charge on any atom is 0.212 e. The Balaban J connectivity index is 2.37. The van der Waals surface area contributed by atoms with E-state index in [0.717, 1.165) is 32.2 Å². The molecule has 0 aliphatic rings. The lowest BCUT2D eigenvalue weighted by molar-refractivity contribution is -0.105. The van der Waals surface area contributed by atoms with Crippen LogP contribution >= 0.6 is 15.9 Å². The molecule has 6 heteroatoms. The first-order valence-corrected chi connectivity index (χ1v) is 6.80. The van der Waals surface area contributed by atoms with Gasteiger partial charge in [-0.1, -0.05) is 12.1 Å². The number of carbonyl (C=O) groups excluding carboxylic acids is 1. The molecule has 0 atom stereocenters. The van der Waals surface area contributed by atoms with Gasteiger partial charge in [0.15, 0.2) is 0 Å². The number of fused-ring (bicyclic) bond motifs is 1. The van der Waals surface area contributed by atoms with Gasteiger partial charge in [0.05, 0.1) is 11.7 Å². The summed E-state index contributed by atoms with van der Waals surface area (Å²) in [6.07, 6.45) is 2.40. The third kappa shape index (κ3) is 2.08. The fourth-order valence-corrected chi connectivity index (χ4v) is 2.65. The summed E-state index contributed by atoms with van der Waals surface area (Å²) in [6.45, 7) is 1.96. The molecule has 0 unspecified atom stereocenters. The number of benzene rings is 1.